The number of benzene rings is 1. The lowest BCUT2D eigenvalue weighted by Gasteiger charge is -2.11. The van der Waals surface area contributed by atoms with Gasteiger partial charge in [-0.1, -0.05) is 6.07 Å². The highest BCUT2D eigenvalue weighted by Gasteiger charge is 2.11. The number of nitriles is 1. The molecule has 0 bridgehead atoms. The minimum absolute atomic E-state index is 0.138. The number of rotatable bonds is 6. The molecule has 0 fully saturated rings. The number of alkyl halides is 1. The number of nitrogens with one attached hydrogen (secondary N) is 1. The fourth-order valence-electron chi connectivity index (χ4n) is 1.51. The lowest BCUT2D eigenvalue weighted by molar-refractivity contribution is -0.116. The highest BCUT2D eigenvalue weighted by Crippen LogP contribution is 2.27. The molecule has 0 aromatic heterocycles. The van der Waals surface area contributed by atoms with Crippen LogP contribution in [0.2, 0.25) is 0 Å². The van der Waals surface area contributed by atoms with Gasteiger partial charge in [-0.15, -0.1) is 11.6 Å². The summed E-state index contributed by atoms with van der Waals surface area (Å²) in [6.45, 7) is 0. The standard InChI is InChI=1S/C13H15ClN2O2/c1-18-11-6-4-5-10(9-15)13(11)16-12(17)7-2-3-8-14/h4-6H,2-3,7-8H2,1H3,(H,16,17). The predicted molar refractivity (Wildman–Crippen MR) is 70.9 cm³/mol. The molecule has 5 heteroatoms. The molecule has 1 aromatic rings. The van der Waals surface area contributed by atoms with E-state index in [-0.39, 0.29) is 5.91 Å². The van der Waals surface area contributed by atoms with Crippen molar-refractivity contribution < 1.29 is 9.53 Å². The molecule has 18 heavy (non-hydrogen) atoms. The van der Waals surface area contributed by atoms with E-state index in [1.165, 1.54) is 7.11 Å². The zero-order chi connectivity index (χ0) is 13.4. The lowest BCUT2D eigenvalue weighted by atomic mass is 10.1. The van der Waals surface area contributed by atoms with Gasteiger partial charge in [0.05, 0.1) is 12.7 Å². The number of carbonyl (C=O) groups excluding carboxylic acids is 1. The van der Waals surface area contributed by atoms with Crippen LogP contribution in [0.3, 0.4) is 0 Å². The zero-order valence-corrected chi connectivity index (χ0v) is 11.0. The Kier molecular flexibility index (Phi) is 6.03. The maximum Gasteiger partial charge on any atom is 0.224 e. The second-order valence-corrected chi connectivity index (χ2v) is 4.07. The molecular formula is C13H15ClN2O2. The van der Waals surface area contributed by atoms with E-state index in [4.69, 9.17) is 21.6 Å². The first-order valence-corrected chi connectivity index (χ1v) is 6.19. The van der Waals surface area contributed by atoms with Crippen LogP contribution in [0, 0.1) is 11.3 Å². The number of hydrogen-bond donors (Lipinski definition) is 1. The van der Waals surface area contributed by atoms with E-state index >= 15 is 0 Å². The molecule has 0 heterocycles. The van der Waals surface area contributed by atoms with Crippen LogP contribution in [0.1, 0.15) is 24.8 Å². The smallest absolute Gasteiger partial charge is 0.224 e. The predicted octanol–water partition coefficient (Wildman–Crippen LogP) is 2.91. The third kappa shape index (κ3) is 3.94. The van der Waals surface area contributed by atoms with Crippen molar-refractivity contribution in [2.24, 2.45) is 0 Å². The molecule has 0 saturated carbocycles. The lowest BCUT2D eigenvalue weighted by Crippen LogP contribution is -2.13. The number of carbonyl (C=O) groups is 1. The first-order chi connectivity index (χ1) is 8.72. The number of anilines is 1. The average molecular weight is 267 g/mol. The van der Waals surface area contributed by atoms with Crippen molar-refractivity contribution in [3.8, 4) is 11.8 Å². The molecule has 4 nitrogen and oxygen atoms in total. The minimum Gasteiger partial charge on any atom is -0.495 e. The van der Waals surface area contributed by atoms with Crippen molar-refractivity contribution in [3.63, 3.8) is 0 Å². The van der Waals surface area contributed by atoms with Gasteiger partial charge in [-0.3, -0.25) is 4.79 Å². The van der Waals surface area contributed by atoms with E-state index in [1.807, 2.05) is 6.07 Å². The molecule has 0 spiro atoms. The van der Waals surface area contributed by atoms with Gasteiger partial charge >= 0.3 is 0 Å². The summed E-state index contributed by atoms with van der Waals surface area (Å²) in [6.07, 6.45) is 1.91. The van der Waals surface area contributed by atoms with Crippen molar-refractivity contribution in [2.45, 2.75) is 19.3 Å². The number of unbranched alkanes of at least 4 members (excludes halogenated alkanes) is 1. The molecule has 1 N–H and O–H groups in total. The summed E-state index contributed by atoms with van der Waals surface area (Å²) in [5, 5.41) is 11.7. The van der Waals surface area contributed by atoms with Gasteiger partial charge in [0.2, 0.25) is 5.91 Å². The molecular weight excluding hydrogens is 252 g/mol. The summed E-state index contributed by atoms with van der Waals surface area (Å²) >= 11 is 5.55. The highest BCUT2D eigenvalue weighted by atomic mass is 35.5. The largest absolute Gasteiger partial charge is 0.495 e. The second-order valence-electron chi connectivity index (χ2n) is 3.69. The maximum atomic E-state index is 11.7. The second kappa shape index (κ2) is 7.57. The molecule has 0 atom stereocenters. The summed E-state index contributed by atoms with van der Waals surface area (Å²) < 4.78 is 5.13. The minimum atomic E-state index is -0.138. The molecule has 0 aliphatic rings. The zero-order valence-electron chi connectivity index (χ0n) is 10.2. The van der Waals surface area contributed by atoms with Crippen molar-refractivity contribution in [2.75, 3.05) is 18.3 Å². The number of ether oxygens (including phenoxy) is 1. The van der Waals surface area contributed by atoms with E-state index in [1.54, 1.807) is 18.2 Å². The Balaban J connectivity index is 2.77. The van der Waals surface area contributed by atoms with Crippen LogP contribution in [0.15, 0.2) is 18.2 Å². The first-order valence-electron chi connectivity index (χ1n) is 5.65. The van der Waals surface area contributed by atoms with Gasteiger partial charge in [-0.2, -0.15) is 5.26 Å². The van der Waals surface area contributed by atoms with Gasteiger partial charge in [0.15, 0.2) is 0 Å². The Labute approximate surface area is 112 Å². The quantitative estimate of drug-likeness (QED) is 0.636. The van der Waals surface area contributed by atoms with E-state index in [2.05, 4.69) is 5.32 Å². The van der Waals surface area contributed by atoms with Crippen molar-refractivity contribution >= 4 is 23.2 Å². The normalized spacial score (nSPS) is 9.61. The van der Waals surface area contributed by atoms with E-state index in [0.717, 1.165) is 12.8 Å². The number of methoxy groups -OCH3 is 1. The Bertz CT molecular complexity index is 455. The maximum absolute atomic E-state index is 11.7. The Morgan fingerprint density at radius 1 is 1.50 bits per heavy atom. The fourth-order valence-corrected chi connectivity index (χ4v) is 1.69. The monoisotopic (exact) mass is 266 g/mol. The average Bonchev–Trinajstić information content (AvgIpc) is 2.39. The van der Waals surface area contributed by atoms with E-state index < -0.39 is 0 Å². The molecule has 0 aliphatic heterocycles. The Morgan fingerprint density at radius 2 is 2.28 bits per heavy atom. The van der Waals surface area contributed by atoms with E-state index in [0.29, 0.717) is 29.3 Å². The molecule has 0 unspecified atom stereocenters. The topological polar surface area (TPSA) is 62.1 Å². The molecule has 0 aliphatic carbocycles. The number of halogens is 1. The van der Waals surface area contributed by atoms with E-state index in [9.17, 15) is 4.79 Å². The van der Waals surface area contributed by atoms with Gasteiger partial charge in [-0.05, 0) is 25.0 Å². The molecule has 0 radical (unpaired) electrons. The molecule has 1 amide bonds. The summed E-state index contributed by atoms with van der Waals surface area (Å²) in [5.41, 5.74) is 0.818. The van der Waals surface area contributed by atoms with Crippen LogP contribution < -0.4 is 10.1 Å². The van der Waals surface area contributed by atoms with Gasteiger partial charge in [0, 0.05) is 12.3 Å². The molecule has 1 aromatic carbocycles. The summed E-state index contributed by atoms with van der Waals surface area (Å²) in [5.74, 6) is 0.895. The molecule has 0 saturated heterocycles. The number of amides is 1. The van der Waals surface area contributed by atoms with Crippen LogP contribution in [0.25, 0.3) is 0 Å². The molecule has 1 rings (SSSR count). The van der Waals surface area contributed by atoms with Crippen LogP contribution in [-0.2, 0) is 4.79 Å². The van der Waals surface area contributed by atoms with Gasteiger partial charge in [0.25, 0.3) is 0 Å². The SMILES string of the molecule is COc1cccc(C#N)c1NC(=O)CCCCCl. The summed E-state index contributed by atoms with van der Waals surface area (Å²) in [6, 6.07) is 7.08. The third-order valence-electron chi connectivity index (χ3n) is 2.42. The van der Waals surface area contributed by atoms with Crippen LogP contribution in [0.4, 0.5) is 5.69 Å². The van der Waals surface area contributed by atoms with Crippen LogP contribution in [0.5, 0.6) is 5.75 Å². The summed E-state index contributed by atoms with van der Waals surface area (Å²) in [4.78, 5) is 11.7. The van der Waals surface area contributed by atoms with Crippen molar-refractivity contribution in [1.82, 2.24) is 0 Å². The first kappa shape index (κ1) is 14.3. The summed E-state index contributed by atoms with van der Waals surface area (Å²) in [7, 11) is 1.50. The Morgan fingerprint density at radius 3 is 2.89 bits per heavy atom. The highest BCUT2D eigenvalue weighted by molar-refractivity contribution is 6.17. The van der Waals surface area contributed by atoms with Gasteiger partial charge in [0.1, 0.15) is 17.5 Å². The fraction of sp³-hybridized carbons (Fsp3) is 0.385. The van der Waals surface area contributed by atoms with Crippen LogP contribution >= 0.6 is 11.6 Å². The van der Waals surface area contributed by atoms with Crippen molar-refractivity contribution in [3.05, 3.63) is 23.8 Å². The molecule has 96 valence electrons. The van der Waals surface area contributed by atoms with Crippen molar-refractivity contribution in [1.29, 1.82) is 5.26 Å². The number of hydrogen-bond acceptors (Lipinski definition) is 3. The Hall–Kier alpha value is -1.73. The van der Waals surface area contributed by atoms with Crippen LogP contribution in [-0.4, -0.2) is 18.9 Å². The third-order valence-corrected chi connectivity index (χ3v) is 2.69. The van der Waals surface area contributed by atoms with Gasteiger partial charge in [-0.25, -0.2) is 0 Å². The number of para-hydroxylation sites is 1. The van der Waals surface area contributed by atoms with Gasteiger partial charge < -0.3 is 10.1 Å². The number of nitrogens with zero attached hydrogens (tertiary/aromatic N) is 1.